The van der Waals surface area contributed by atoms with Gasteiger partial charge in [-0.25, -0.2) is 0 Å². The molecule has 0 spiro atoms. The summed E-state index contributed by atoms with van der Waals surface area (Å²) in [5, 5.41) is 34.3. The van der Waals surface area contributed by atoms with E-state index in [0.29, 0.717) is 18.9 Å². The van der Waals surface area contributed by atoms with Gasteiger partial charge in [0, 0.05) is 12.2 Å². The third-order valence-electron chi connectivity index (χ3n) is 6.80. The highest BCUT2D eigenvalue weighted by atomic mass is 32.2. The van der Waals surface area contributed by atoms with E-state index in [1.807, 2.05) is 25.7 Å². The lowest BCUT2D eigenvalue weighted by atomic mass is 9.85. The maximum Gasteiger partial charge on any atom is 0.243 e. The highest BCUT2D eigenvalue weighted by molar-refractivity contribution is 7.99. The number of nitrogens with one attached hydrogen (secondary N) is 1. The van der Waals surface area contributed by atoms with E-state index < -0.39 is 41.9 Å². The van der Waals surface area contributed by atoms with Gasteiger partial charge in [0.2, 0.25) is 5.91 Å². The largest absolute Gasteiger partial charge is 0.388 e. The number of hydrogen-bond acceptors (Lipinski definition) is 8. The van der Waals surface area contributed by atoms with E-state index in [-0.39, 0.29) is 17.6 Å². The second-order valence-electron chi connectivity index (χ2n) is 9.74. The molecule has 9 heteroatoms. The topological polar surface area (TPSA) is 119 Å². The molecular weight excluding hydrogens is 444 g/mol. The number of ketones is 1. The Bertz CT molecular complexity index is 700. The Balaban J connectivity index is 2.27. The van der Waals surface area contributed by atoms with Gasteiger partial charge < -0.3 is 30.3 Å². The van der Waals surface area contributed by atoms with Crippen molar-refractivity contribution in [3.63, 3.8) is 0 Å². The molecule has 33 heavy (non-hydrogen) atoms. The minimum absolute atomic E-state index is 0.0585. The number of nitrogens with zero attached hydrogens (tertiary/aromatic N) is 1. The highest BCUT2D eigenvalue weighted by Crippen LogP contribution is 2.32. The maximum absolute atomic E-state index is 13.6. The van der Waals surface area contributed by atoms with Gasteiger partial charge in [-0.1, -0.05) is 33.6 Å². The number of allylic oxidation sites excluding steroid dienone is 2. The molecule has 2 heterocycles. The second-order valence-corrected chi connectivity index (χ2v) is 10.7. The fourth-order valence-electron chi connectivity index (χ4n) is 5.01. The zero-order valence-electron chi connectivity index (χ0n) is 20.7. The van der Waals surface area contributed by atoms with E-state index in [0.717, 1.165) is 25.0 Å². The fourth-order valence-corrected chi connectivity index (χ4v) is 5.69. The number of likely N-dealkylation sites (tertiary alicyclic amines) is 1. The van der Waals surface area contributed by atoms with Crippen LogP contribution in [0.2, 0.25) is 0 Å². The molecule has 0 aromatic heterocycles. The van der Waals surface area contributed by atoms with Crippen LogP contribution in [0.25, 0.3) is 0 Å². The number of carbonyl (C=O) groups excluding carboxylic acids is 2. The summed E-state index contributed by atoms with van der Waals surface area (Å²) in [6.07, 6.45) is 2.32. The van der Waals surface area contributed by atoms with Crippen molar-refractivity contribution in [2.75, 3.05) is 12.8 Å². The molecule has 0 aliphatic carbocycles. The zero-order valence-corrected chi connectivity index (χ0v) is 21.5. The monoisotopic (exact) mass is 486 g/mol. The minimum Gasteiger partial charge on any atom is -0.388 e. The second kappa shape index (κ2) is 12.5. The van der Waals surface area contributed by atoms with Crippen molar-refractivity contribution in [3.05, 3.63) is 11.8 Å². The molecule has 2 aliphatic heterocycles. The van der Waals surface area contributed by atoms with Gasteiger partial charge in [-0.15, -0.1) is 11.8 Å². The molecular formula is C24H42N2O6S. The number of amides is 1. The van der Waals surface area contributed by atoms with Crippen LogP contribution in [0.15, 0.2) is 11.8 Å². The minimum atomic E-state index is -1.36. The Labute approximate surface area is 202 Å². The van der Waals surface area contributed by atoms with Gasteiger partial charge in [0.05, 0.1) is 6.04 Å². The molecule has 190 valence electrons. The molecule has 1 amide bonds. The lowest BCUT2D eigenvalue weighted by Crippen LogP contribution is -2.65. The third-order valence-corrected chi connectivity index (χ3v) is 7.65. The smallest absolute Gasteiger partial charge is 0.243 e. The lowest BCUT2D eigenvalue weighted by Gasteiger charge is -2.45. The first-order valence-corrected chi connectivity index (χ1v) is 13.3. The van der Waals surface area contributed by atoms with E-state index in [9.17, 15) is 24.9 Å². The molecule has 0 bridgehead atoms. The molecule has 0 saturated carbocycles. The summed E-state index contributed by atoms with van der Waals surface area (Å²) in [7, 11) is 0. The molecule has 2 rings (SSSR count). The van der Waals surface area contributed by atoms with Crippen LogP contribution in [0.5, 0.6) is 0 Å². The number of rotatable bonds is 9. The van der Waals surface area contributed by atoms with Crippen molar-refractivity contribution >= 4 is 23.5 Å². The molecule has 2 aliphatic rings. The Morgan fingerprint density at radius 3 is 2.39 bits per heavy atom. The van der Waals surface area contributed by atoms with Crippen molar-refractivity contribution in [3.8, 4) is 0 Å². The summed E-state index contributed by atoms with van der Waals surface area (Å²) in [5.41, 5.74) is 0.0704. The molecule has 0 aromatic carbocycles. The first-order valence-electron chi connectivity index (χ1n) is 12.0. The SMILES string of the molecule is CCC[C@@H]1CCN(/C(C)=C\C(C)=O)[C@H](C(=O)N[C@H](C(C)C)[C@H]2O[C@H](SC)[C@H](O)[C@@H](O)[C@H]2O)C1. The molecule has 4 N–H and O–H groups in total. The summed E-state index contributed by atoms with van der Waals surface area (Å²) >= 11 is 1.25. The van der Waals surface area contributed by atoms with Crippen molar-refractivity contribution in [1.82, 2.24) is 10.2 Å². The molecule has 0 unspecified atom stereocenters. The molecule has 0 radical (unpaired) electrons. The van der Waals surface area contributed by atoms with E-state index in [2.05, 4.69) is 12.2 Å². The lowest BCUT2D eigenvalue weighted by molar-refractivity contribution is -0.208. The van der Waals surface area contributed by atoms with Gasteiger partial charge in [0.25, 0.3) is 0 Å². The van der Waals surface area contributed by atoms with Gasteiger partial charge in [-0.2, -0.15) is 0 Å². The van der Waals surface area contributed by atoms with Crippen LogP contribution >= 0.6 is 11.8 Å². The number of carbonyl (C=O) groups is 2. The van der Waals surface area contributed by atoms with Crippen molar-refractivity contribution in [1.29, 1.82) is 0 Å². The van der Waals surface area contributed by atoms with Crippen LogP contribution in [0.4, 0.5) is 0 Å². The van der Waals surface area contributed by atoms with Crippen LogP contribution in [-0.2, 0) is 14.3 Å². The van der Waals surface area contributed by atoms with Crippen molar-refractivity contribution in [2.24, 2.45) is 11.8 Å². The molecule has 0 aromatic rings. The number of aliphatic hydroxyl groups is 3. The summed E-state index contributed by atoms with van der Waals surface area (Å²) in [4.78, 5) is 27.3. The van der Waals surface area contributed by atoms with Crippen molar-refractivity contribution < 1.29 is 29.6 Å². The van der Waals surface area contributed by atoms with Crippen LogP contribution < -0.4 is 5.32 Å². The van der Waals surface area contributed by atoms with E-state index in [1.54, 1.807) is 12.3 Å². The Morgan fingerprint density at radius 1 is 1.18 bits per heavy atom. The van der Waals surface area contributed by atoms with E-state index >= 15 is 0 Å². The van der Waals surface area contributed by atoms with Gasteiger partial charge in [-0.05, 0) is 50.9 Å². The standard InChI is InChI=1S/C24H42N2O6S/c1-7-8-16-9-10-26(14(4)11-15(5)27)17(12-16)23(31)25-18(13(2)3)22-20(29)19(28)21(30)24(32-22)33-6/h11,13,16-22,24,28-30H,7-10,12H2,1-6H3,(H,25,31)/b14-11-/t16-,17+,18-,19+,20-,21-,22-,24-/m1/s1. The van der Waals surface area contributed by atoms with Gasteiger partial charge >= 0.3 is 0 Å². The number of aliphatic hydroxyl groups excluding tert-OH is 3. The van der Waals surface area contributed by atoms with Gasteiger partial charge in [0.15, 0.2) is 5.78 Å². The van der Waals surface area contributed by atoms with Crippen LogP contribution in [0.3, 0.4) is 0 Å². The summed E-state index contributed by atoms with van der Waals surface area (Å²) < 4.78 is 5.95. The normalized spacial score (nSPS) is 34.3. The van der Waals surface area contributed by atoms with E-state index in [4.69, 9.17) is 4.74 Å². The fraction of sp³-hybridized carbons (Fsp3) is 0.833. The molecule has 2 fully saturated rings. The first kappa shape index (κ1) is 28.1. The zero-order chi connectivity index (χ0) is 24.9. The van der Waals surface area contributed by atoms with E-state index in [1.165, 1.54) is 18.7 Å². The number of ether oxygens (including phenoxy) is 1. The quantitative estimate of drug-likeness (QED) is 0.364. The number of thioether (sulfide) groups is 1. The predicted octanol–water partition coefficient (Wildman–Crippen LogP) is 1.67. The van der Waals surface area contributed by atoms with Crippen LogP contribution in [0.1, 0.15) is 60.3 Å². The number of piperidine rings is 1. The third kappa shape index (κ3) is 6.94. The first-order chi connectivity index (χ1) is 15.5. The van der Waals surface area contributed by atoms with Gasteiger partial charge in [0.1, 0.15) is 35.9 Å². The Kier molecular flexibility index (Phi) is 10.7. The average molecular weight is 487 g/mol. The number of hydrogen-bond donors (Lipinski definition) is 4. The summed E-state index contributed by atoms with van der Waals surface area (Å²) in [6, 6.07) is -0.991. The van der Waals surface area contributed by atoms with Crippen molar-refractivity contribution in [2.45, 2.75) is 102 Å². The molecule has 2 saturated heterocycles. The van der Waals surface area contributed by atoms with Gasteiger partial charge in [-0.3, -0.25) is 9.59 Å². The maximum atomic E-state index is 13.6. The average Bonchev–Trinajstić information content (AvgIpc) is 2.75. The van der Waals surface area contributed by atoms with Crippen LogP contribution in [-0.4, -0.2) is 86.6 Å². The summed E-state index contributed by atoms with van der Waals surface area (Å²) in [5.74, 6) is 0.106. The summed E-state index contributed by atoms with van der Waals surface area (Å²) in [6.45, 7) is 10.0. The Hall–Kier alpha value is -1.13. The molecule has 8 atom stereocenters. The molecule has 8 nitrogen and oxygen atoms in total. The highest BCUT2D eigenvalue weighted by Gasteiger charge is 2.48. The predicted molar refractivity (Wildman–Crippen MR) is 130 cm³/mol. The Morgan fingerprint density at radius 2 is 1.85 bits per heavy atom. The van der Waals surface area contributed by atoms with Crippen LogP contribution in [0, 0.1) is 11.8 Å².